The normalized spacial score (nSPS) is 15.7. The Hall–Kier alpha value is -2.28. The molecule has 29 heavy (non-hydrogen) atoms. The van der Waals surface area contributed by atoms with Crippen LogP contribution >= 0.6 is 34.8 Å². The smallest absolute Gasteiger partial charge is 0.243 e. The number of hydrogen-bond acceptors (Lipinski definition) is 4. The fraction of sp³-hybridized carbons (Fsp3) is 0.250. The third kappa shape index (κ3) is 4.66. The standard InChI is InChI=1S/C20H18Cl3N3O3/c1-11-8-14(21)5-7-18(11)25(12(2)27)10-19-26(13(3)28)24-20(29-19)16-6-4-15(22)9-17(16)23/h4-9,19H,10H2,1-3H3/t19-/m1/s1. The van der Waals surface area contributed by atoms with Crippen LogP contribution < -0.4 is 4.90 Å². The van der Waals surface area contributed by atoms with Crippen molar-refractivity contribution in [1.82, 2.24) is 5.01 Å². The van der Waals surface area contributed by atoms with Crippen molar-refractivity contribution in [3.05, 3.63) is 62.6 Å². The molecule has 0 unspecified atom stereocenters. The Bertz CT molecular complexity index is 1010. The van der Waals surface area contributed by atoms with Gasteiger partial charge in [0.15, 0.2) is 0 Å². The van der Waals surface area contributed by atoms with E-state index in [2.05, 4.69) is 5.10 Å². The van der Waals surface area contributed by atoms with Crippen LogP contribution in [-0.2, 0) is 14.3 Å². The molecule has 0 aromatic heterocycles. The van der Waals surface area contributed by atoms with E-state index in [0.29, 0.717) is 26.3 Å². The Labute approximate surface area is 183 Å². The van der Waals surface area contributed by atoms with Crippen LogP contribution in [0.3, 0.4) is 0 Å². The molecule has 0 bridgehead atoms. The largest absolute Gasteiger partial charge is 0.448 e. The molecular formula is C20H18Cl3N3O3. The van der Waals surface area contributed by atoms with E-state index in [9.17, 15) is 9.59 Å². The van der Waals surface area contributed by atoms with Crippen LogP contribution in [0.25, 0.3) is 0 Å². The minimum Gasteiger partial charge on any atom is -0.448 e. The van der Waals surface area contributed by atoms with Crippen molar-refractivity contribution in [2.24, 2.45) is 5.10 Å². The molecule has 0 N–H and O–H groups in total. The van der Waals surface area contributed by atoms with Gasteiger partial charge in [-0.15, -0.1) is 5.10 Å². The second-order valence-electron chi connectivity index (χ2n) is 6.53. The molecule has 0 saturated carbocycles. The van der Waals surface area contributed by atoms with Crippen LogP contribution in [0.1, 0.15) is 25.0 Å². The summed E-state index contributed by atoms with van der Waals surface area (Å²) >= 11 is 18.2. The summed E-state index contributed by atoms with van der Waals surface area (Å²) in [6.45, 7) is 4.75. The molecular weight excluding hydrogens is 437 g/mol. The zero-order valence-electron chi connectivity index (χ0n) is 15.9. The summed E-state index contributed by atoms with van der Waals surface area (Å²) in [5.74, 6) is -0.352. The van der Waals surface area contributed by atoms with Crippen molar-refractivity contribution in [3.63, 3.8) is 0 Å². The van der Waals surface area contributed by atoms with E-state index >= 15 is 0 Å². The predicted octanol–water partition coefficient (Wildman–Crippen LogP) is 4.87. The van der Waals surface area contributed by atoms with E-state index < -0.39 is 6.23 Å². The molecule has 152 valence electrons. The molecule has 1 atom stereocenters. The van der Waals surface area contributed by atoms with Crippen molar-refractivity contribution in [2.75, 3.05) is 11.4 Å². The second kappa shape index (κ2) is 8.61. The molecule has 2 aromatic rings. The molecule has 0 aliphatic carbocycles. The number of halogens is 3. The van der Waals surface area contributed by atoms with Gasteiger partial charge in [0.25, 0.3) is 0 Å². The molecule has 0 saturated heterocycles. The van der Waals surface area contributed by atoms with Crippen molar-refractivity contribution in [1.29, 1.82) is 0 Å². The predicted molar refractivity (Wildman–Crippen MR) is 115 cm³/mol. The number of amides is 2. The number of ether oxygens (including phenoxy) is 1. The average molecular weight is 455 g/mol. The highest BCUT2D eigenvalue weighted by Crippen LogP contribution is 2.29. The maximum atomic E-state index is 12.3. The topological polar surface area (TPSA) is 62.2 Å². The van der Waals surface area contributed by atoms with Gasteiger partial charge in [-0.2, -0.15) is 5.01 Å². The molecule has 2 aromatic carbocycles. The molecule has 0 radical (unpaired) electrons. The Kier molecular flexibility index (Phi) is 6.36. The number of benzene rings is 2. The molecule has 0 fully saturated rings. The summed E-state index contributed by atoms with van der Waals surface area (Å²) in [4.78, 5) is 26.0. The third-order valence-corrected chi connectivity index (χ3v) is 5.15. The SMILES string of the molecule is CC(=O)N(C[C@H]1OC(c2ccc(Cl)cc2Cl)=NN1C(C)=O)c1ccc(Cl)cc1C. The molecule has 1 aliphatic rings. The Morgan fingerprint density at radius 1 is 1.10 bits per heavy atom. The van der Waals surface area contributed by atoms with Crippen molar-refractivity contribution < 1.29 is 14.3 Å². The fourth-order valence-electron chi connectivity index (χ4n) is 3.01. The minimum atomic E-state index is -0.812. The van der Waals surface area contributed by atoms with Crippen LogP contribution in [0.15, 0.2) is 41.5 Å². The van der Waals surface area contributed by atoms with Gasteiger partial charge >= 0.3 is 0 Å². The summed E-state index contributed by atoms with van der Waals surface area (Å²) < 4.78 is 5.92. The van der Waals surface area contributed by atoms with Gasteiger partial charge < -0.3 is 9.64 Å². The number of carbonyl (C=O) groups excluding carboxylic acids is 2. The highest BCUT2D eigenvalue weighted by atomic mass is 35.5. The number of hydrazone groups is 1. The van der Waals surface area contributed by atoms with Gasteiger partial charge in [-0.1, -0.05) is 34.8 Å². The van der Waals surface area contributed by atoms with Gasteiger partial charge in [0.2, 0.25) is 23.9 Å². The van der Waals surface area contributed by atoms with Crippen LogP contribution in [-0.4, -0.2) is 35.5 Å². The lowest BCUT2D eigenvalue weighted by atomic mass is 10.1. The van der Waals surface area contributed by atoms with Gasteiger partial charge in [-0.3, -0.25) is 9.59 Å². The first-order chi connectivity index (χ1) is 13.7. The van der Waals surface area contributed by atoms with Gasteiger partial charge in [0, 0.05) is 29.6 Å². The van der Waals surface area contributed by atoms with E-state index in [1.807, 2.05) is 6.92 Å². The quantitative estimate of drug-likeness (QED) is 0.662. The number of rotatable bonds is 4. The first kappa shape index (κ1) is 21.4. The lowest BCUT2D eigenvalue weighted by Crippen LogP contribution is -2.44. The first-order valence-corrected chi connectivity index (χ1v) is 9.85. The number of carbonyl (C=O) groups is 2. The van der Waals surface area contributed by atoms with Gasteiger partial charge in [0.1, 0.15) is 0 Å². The maximum Gasteiger partial charge on any atom is 0.243 e. The maximum absolute atomic E-state index is 12.3. The van der Waals surface area contributed by atoms with Crippen LogP contribution in [0.2, 0.25) is 15.1 Å². The summed E-state index contributed by atoms with van der Waals surface area (Å²) in [7, 11) is 0. The summed E-state index contributed by atoms with van der Waals surface area (Å²) in [5, 5.41) is 6.84. The van der Waals surface area contributed by atoms with Crippen molar-refractivity contribution >= 4 is 58.2 Å². The van der Waals surface area contributed by atoms with Crippen molar-refractivity contribution in [3.8, 4) is 0 Å². The minimum absolute atomic E-state index is 0.0790. The van der Waals surface area contributed by atoms with Crippen LogP contribution in [0.4, 0.5) is 5.69 Å². The number of anilines is 1. The molecule has 0 spiro atoms. The molecule has 9 heteroatoms. The molecule has 3 rings (SSSR count). The highest BCUT2D eigenvalue weighted by Gasteiger charge is 2.35. The van der Waals surface area contributed by atoms with Crippen LogP contribution in [0, 0.1) is 6.92 Å². The Morgan fingerprint density at radius 2 is 1.76 bits per heavy atom. The number of hydrogen-bond donors (Lipinski definition) is 0. The lowest BCUT2D eigenvalue weighted by molar-refractivity contribution is -0.135. The molecule has 2 amide bonds. The zero-order valence-corrected chi connectivity index (χ0v) is 18.2. The van der Waals surface area contributed by atoms with E-state index in [0.717, 1.165) is 5.56 Å². The summed E-state index contributed by atoms with van der Waals surface area (Å²) in [6.07, 6.45) is -0.812. The fourth-order valence-corrected chi connectivity index (χ4v) is 3.72. The van der Waals surface area contributed by atoms with E-state index in [-0.39, 0.29) is 24.3 Å². The molecule has 1 heterocycles. The Morgan fingerprint density at radius 3 is 2.34 bits per heavy atom. The summed E-state index contributed by atoms with van der Waals surface area (Å²) in [6, 6.07) is 10.1. The molecule has 6 nitrogen and oxygen atoms in total. The second-order valence-corrected chi connectivity index (χ2v) is 7.81. The zero-order chi connectivity index (χ0) is 21.3. The third-order valence-electron chi connectivity index (χ3n) is 4.37. The first-order valence-electron chi connectivity index (χ1n) is 8.72. The highest BCUT2D eigenvalue weighted by molar-refractivity contribution is 6.36. The number of nitrogens with zero attached hydrogens (tertiary/aromatic N) is 3. The summed E-state index contributed by atoms with van der Waals surface area (Å²) in [5.41, 5.74) is 2.00. The van der Waals surface area contributed by atoms with Gasteiger partial charge in [-0.05, 0) is 48.9 Å². The van der Waals surface area contributed by atoms with Crippen molar-refractivity contribution in [2.45, 2.75) is 27.0 Å². The Balaban J connectivity index is 1.91. The van der Waals surface area contributed by atoms with Gasteiger partial charge in [0.05, 0.1) is 17.1 Å². The van der Waals surface area contributed by atoms with E-state index in [4.69, 9.17) is 39.5 Å². The van der Waals surface area contributed by atoms with E-state index in [1.165, 1.54) is 23.8 Å². The van der Waals surface area contributed by atoms with Crippen LogP contribution in [0.5, 0.6) is 0 Å². The van der Waals surface area contributed by atoms with E-state index in [1.54, 1.807) is 36.4 Å². The monoisotopic (exact) mass is 453 g/mol. The number of aryl methyl sites for hydroxylation is 1. The van der Waals surface area contributed by atoms with Gasteiger partial charge in [-0.25, -0.2) is 0 Å². The average Bonchev–Trinajstić information content (AvgIpc) is 3.04. The lowest BCUT2D eigenvalue weighted by Gasteiger charge is -2.28. The molecule has 1 aliphatic heterocycles.